The molecule has 21 nitrogen and oxygen atoms in total. The van der Waals surface area contributed by atoms with E-state index in [1.165, 1.54) is 67.8 Å². The number of fused-ring (bicyclic) bond motifs is 1. The molecule has 21 heteroatoms. The van der Waals surface area contributed by atoms with E-state index in [0.717, 1.165) is 12.1 Å². The van der Waals surface area contributed by atoms with Crippen LogP contribution in [0, 0.1) is 0 Å². The van der Waals surface area contributed by atoms with Crippen molar-refractivity contribution in [3.8, 4) is 34.5 Å². The highest BCUT2D eigenvalue weighted by atomic mass is 16.7. The van der Waals surface area contributed by atoms with Gasteiger partial charge >= 0.3 is 17.9 Å². The lowest BCUT2D eigenvalue weighted by Crippen LogP contribution is -2.60. The third-order valence-corrected chi connectivity index (χ3v) is 9.62. The van der Waals surface area contributed by atoms with Crippen molar-refractivity contribution in [3.63, 3.8) is 0 Å². The minimum absolute atomic E-state index is 0.00178. The predicted octanol–water partition coefficient (Wildman–Crippen LogP) is -0.428. The fourth-order valence-electron chi connectivity index (χ4n) is 6.39. The molecule has 0 saturated carbocycles. The fourth-order valence-corrected chi connectivity index (χ4v) is 6.39. The summed E-state index contributed by atoms with van der Waals surface area (Å²) in [7, 11) is 1.35. The van der Waals surface area contributed by atoms with Crippen LogP contribution in [-0.2, 0) is 38.1 Å². The molecule has 3 aromatic rings. The van der Waals surface area contributed by atoms with Crippen molar-refractivity contribution < 1.29 is 103 Å². The van der Waals surface area contributed by atoms with Crippen LogP contribution in [0.25, 0.3) is 12.2 Å². The van der Waals surface area contributed by atoms with E-state index in [1.54, 1.807) is 0 Å². The van der Waals surface area contributed by atoms with Crippen LogP contribution in [0.3, 0.4) is 0 Å². The monoisotopic (exact) mass is 858 g/mol. The molecular weight excluding hydrogens is 816 g/mol. The summed E-state index contributed by atoms with van der Waals surface area (Å²) in [5.41, 5.74) is 0.820. The molecule has 0 spiro atoms. The number of aliphatic hydroxyl groups excluding tert-OH is 6. The van der Waals surface area contributed by atoms with Crippen molar-refractivity contribution in [2.45, 2.75) is 73.9 Å². The third kappa shape index (κ3) is 10.4. The van der Waals surface area contributed by atoms with Gasteiger partial charge in [-0.15, -0.1) is 0 Å². The largest absolute Gasteiger partial charge is 0.508 e. The molecule has 2 fully saturated rings. The van der Waals surface area contributed by atoms with Crippen LogP contribution in [0.4, 0.5) is 0 Å². The van der Waals surface area contributed by atoms with Gasteiger partial charge in [-0.1, -0.05) is 18.2 Å². The van der Waals surface area contributed by atoms with Gasteiger partial charge in [-0.3, -0.25) is 9.59 Å². The minimum atomic E-state index is -1.94. The Bertz CT molecular complexity index is 2120. The van der Waals surface area contributed by atoms with Crippen molar-refractivity contribution in [2.24, 2.45) is 0 Å². The molecular formula is C40H42O21. The summed E-state index contributed by atoms with van der Waals surface area (Å²) in [6.45, 7) is -1.38. The molecule has 3 aliphatic rings. The maximum absolute atomic E-state index is 12.6. The smallest absolute Gasteiger partial charge is 0.330 e. The normalized spacial score (nSPS) is 28.4. The first-order valence-electron chi connectivity index (χ1n) is 18.4. The second kappa shape index (κ2) is 19.0. The number of phenols is 3. The first-order valence-corrected chi connectivity index (χ1v) is 18.4. The second-order valence-electron chi connectivity index (χ2n) is 13.9. The Balaban J connectivity index is 1.24. The number of rotatable bonds is 14. The topological polar surface area (TPSA) is 327 Å². The third-order valence-electron chi connectivity index (χ3n) is 9.62. The number of aliphatic carboxylic acids is 1. The number of hydrogen-bond acceptors (Lipinski definition) is 20. The number of carboxylic acids is 1. The number of aliphatic hydroxyl groups is 6. The summed E-state index contributed by atoms with van der Waals surface area (Å²) >= 11 is 0. The van der Waals surface area contributed by atoms with E-state index in [4.69, 9.17) is 43.0 Å². The van der Waals surface area contributed by atoms with Gasteiger partial charge in [0.1, 0.15) is 97.2 Å². The Kier molecular flexibility index (Phi) is 13.9. The maximum Gasteiger partial charge on any atom is 0.330 e. The number of ether oxygens (including phenoxy) is 8. The molecule has 1 unspecified atom stereocenters. The van der Waals surface area contributed by atoms with Gasteiger partial charge in [0.25, 0.3) is 0 Å². The zero-order valence-electron chi connectivity index (χ0n) is 31.9. The molecule has 3 aliphatic heterocycles. The van der Waals surface area contributed by atoms with E-state index in [-0.39, 0.29) is 40.1 Å². The average molecular weight is 859 g/mol. The zero-order valence-corrected chi connectivity index (χ0v) is 31.9. The van der Waals surface area contributed by atoms with E-state index in [1.807, 2.05) is 0 Å². The molecule has 0 amide bonds. The molecule has 3 aromatic carbocycles. The molecule has 10 N–H and O–H groups in total. The molecule has 2 saturated heterocycles. The Morgan fingerprint density at radius 1 is 0.705 bits per heavy atom. The van der Waals surface area contributed by atoms with Crippen LogP contribution >= 0.6 is 0 Å². The summed E-state index contributed by atoms with van der Waals surface area (Å²) in [5.74, 6) is -4.53. The summed E-state index contributed by atoms with van der Waals surface area (Å²) < 4.78 is 44.7. The van der Waals surface area contributed by atoms with Gasteiger partial charge < -0.3 is 89.0 Å². The number of carboxylic acid groups (broad SMARTS) is 1. The number of aromatic hydroxyl groups is 3. The van der Waals surface area contributed by atoms with E-state index in [0.29, 0.717) is 11.1 Å². The second-order valence-corrected chi connectivity index (χ2v) is 13.9. The van der Waals surface area contributed by atoms with E-state index < -0.39 is 111 Å². The van der Waals surface area contributed by atoms with E-state index in [2.05, 4.69) is 0 Å². The van der Waals surface area contributed by atoms with Crippen LogP contribution in [-0.4, -0.2) is 151 Å². The van der Waals surface area contributed by atoms with Crippen molar-refractivity contribution in [1.82, 2.24) is 0 Å². The highest BCUT2D eigenvalue weighted by Gasteiger charge is 2.48. The van der Waals surface area contributed by atoms with E-state index in [9.17, 15) is 60.3 Å². The molecule has 328 valence electrons. The van der Waals surface area contributed by atoms with Crippen molar-refractivity contribution in [3.05, 3.63) is 83.1 Å². The number of esters is 2. The van der Waals surface area contributed by atoms with Gasteiger partial charge in [0.15, 0.2) is 17.6 Å². The van der Waals surface area contributed by atoms with Gasteiger partial charge in [0.2, 0.25) is 12.6 Å². The minimum Gasteiger partial charge on any atom is -0.508 e. The quantitative estimate of drug-likeness (QED) is 0.0559. The van der Waals surface area contributed by atoms with Crippen LogP contribution in [0.15, 0.2) is 66.4 Å². The maximum atomic E-state index is 12.6. The van der Waals surface area contributed by atoms with Crippen LogP contribution < -0.4 is 14.2 Å². The molecule has 11 atom stereocenters. The molecule has 0 aliphatic carbocycles. The van der Waals surface area contributed by atoms with Crippen LogP contribution in [0.2, 0.25) is 0 Å². The molecule has 0 aromatic heterocycles. The number of benzene rings is 3. The standard InChI is InChI=1S/C40H42O21/c1-54-25-10-17(2-8-22(25)43)3-9-30(46)55-15-27-32(48)35(51)37(53)40(61-27)59-26-13-21-23(57-38(26)18-4-6-19(41)7-5-18)11-20(42)12-24(21)58-39-36(52)34(50)33(49)28(60-39)16-56-31(47)14-29(44)45/h2-13,27-28,32-43,48-53H,14-16H2,1H3,(H,44,45)/b9-3+/t27-,28-,32+,33+,34+,35+,36-,37-,38?,39-,40-/m1/s1. The first-order chi connectivity index (χ1) is 29.0. The Labute approximate surface area is 345 Å². The number of carbonyl (C=O) groups is 3. The Morgan fingerprint density at radius 2 is 1.33 bits per heavy atom. The highest BCUT2D eigenvalue weighted by molar-refractivity contribution is 5.90. The summed E-state index contributed by atoms with van der Waals surface area (Å²) in [6, 6.07) is 12.2. The fraction of sp³-hybridized carbons (Fsp3) is 0.375. The van der Waals surface area contributed by atoms with E-state index >= 15 is 0 Å². The molecule has 3 heterocycles. The molecule has 0 bridgehead atoms. The summed E-state index contributed by atoms with van der Waals surface area (Å²) in [6.07, 6.45) is -16.4. The van der Waals surface area contributed by atoms with Crippen LogP contribution in [0.5, 0.6) is 34.5 Å². The van der Waals surface area contributed by atoms with Crippen molar-refractivity contribution >= 4 is 30.1 Å². The number of phenolic OH excluding ortho intramolecular Hbond substituents is 3. The number of methoxy groups -OCH3 is 1. The van der Waals surface area contributed by atoms with Crippen molar-refractivity contribution in [1.29, 1.82) is 0 Å². The number of carbonyl (C=O) groups excluding carboxylic acids is 2. The lowest BCUT2D eigenvalue weighted by molar-refractivity contribution is -0.294. The number of hydrogen-bond donors (Lipinski definition) is 10. The zero-order chi connectivity index (χ0) is 44.1. The van der Waals surface area contributed by atoms with Crippen molar-refractivity contribution in [2.75, 3.05) is 20.3 Å². The Hall–Kier alpha value is -6.17. The highest BCUT2D eigenvalue weighted by Crippen LogP contribution is 2.46. The van der Waals surface area contributed by atoms with Gasteiger partial charge in [-0.25, -0.2) is 4.79 Å². The average Bonchev–Trinajstić information content (AvgIpc) is 3.22. The van der Waals surface area contributed by atoms with Gasteiger partial charge in [0.05, 0.1) is 12.7 Å². The van der Waals surface area contributed by atoms with Crippen LogP contribution in [0.1, 0.15) is 29.2 Å². The van der Waals surface area contributed by atoms with Gasteiger partial charge in [-0.05, 0) is 42.0 Å². The predicted molar refractivity (Wildman–Crippen MR) is 200 cm³/mol. The lowest BCUT2D eigenvalue weighted by Gasteiger charge is -2.41. The molecule has 61 heavy (non-hydrogen) atoms. The summed E-state index contributed by atoms with van der Waals surface area (Å²) in [4.78, 5) is 35.3. The molecule has 6 rings (SSSR count). The lowest BCUT2D eigenvalue weighted by atomic mass is 9.98. The van der Waals surface area contributed by atoms with Gasteiger partial charge in [-0.2, -0.15) is 0 Å². The SMILES string of the molecule is COc1cc(/C=C/C(=O)OC[C@H]2O[C@@H](OC3=Cc4c(cc(O)cc4O[C@@H]4O[C@H](COC(=O)CC(=O)O)[C@H](O)[C@H](O)[C@H]4O)OC3c3ccc(O)cc3)[C@H](O)[C@@H](O)[C@H]2O)ccc1O. The summed E-state index contributed by atoms with van der Waals surface area (Å²) in [5, 5.41) is 104. The Morgan fingerprint density at radius 3 is 1.95 bits per heavy atom. The molecule has 0 radical (unpaired) electrons. The first kappa shape index (κ1) is 44.4. The van der Waals surface area contributed by atoms with Gasteiger partial charge in [0, 0.05) is 23.8 Å².